The Morgan fingerprint density at radius 1 is 1.47 bits per heavy atom. The zero-order valence-corrected chi connectivity index (χ0v) is 12.0. The van der Waals surface area contributed by atoms with Gasteiger partial charge in [0, 0.05) is 26.8 Å². The summed E-state index contributed by atoms with van der Waals surface area (Å²) >= 11 is 5.02. The summed E-state index contributed by atoms with van der Waals surface area (Å²) in [4.78, 5) is 12.1. The maximum absolute atomic E-state index is 12.1. The molecule has 0 bridgehead atoms. The van der Waals surface area contributed by atoms with Crippen LogP contribution in [0.25, 0.3) is 10.1 Å². The van der Waals surface area contributed by atoms with Crippen LogP contribution in [0.1, 0.15) is 23.7 Å². The molecule has 1 unspecified atom stereocenters. The lowest BCUT2D eigenvalue weighted by Crippen LogP contribution is -2.35. The monoisotopic (exact) mass is 311 g/mol. The number of carbonyl (C=O) groups excluding carboxylic acids is 1. The van der Waals surface area contributed by atoms with Crippen molar-refractivity contribution in [1.29, 1.82) is 0 Å². The van der Waals surface area contributed by atoms with Crippen LogP contribution in [-0.4, -0.2) is 17.3 Å². The number of amides is 1. The molecule has 90 valence electrons. The van der Waals surface area contributed by atoms with Gasteiger partial charge in [-0.3, -0.25) is 4.79 Å². The summed E-state index contributed by atoms with van der Waals surface area (Å²) in [6.45, 7) is 2.07. The third-order valence-electron chi connectivity index (χ3n) is 2.74. The van der Waals surface area contributed by atoms with Crippen molar-refractivity contribution in [2.75, 3.05) is 5.33 Å². The molecule has 0 spiro atoms. The quantitative estimate of drug-likeness (QED) is 0.855. The van der Waals surface area contributed by atoms with E-state index in [1.165, 1.54) is 0 Å². The van der Waals surface area contributed by atoms with Gasteiger partial charge in [-0.15, -0.1) is 11.3 Å². The molecule has 1 heterocycles. The molecule has 1 amide bonds. The smallest absolute Gasteiger partial charge is 0.253 e. The normalized spacial score (nSPS) is 12.6. The van der Waals surface area contributed by atoms with E-state index in [0.29, 0.717) is 0 Å². The average molecular weight is 312 g/mol. The van der Waals surface area contributed by atoms with Crippen LogP contribution in [0.15, 0.2) is 29.6 Å². The largest absolute Gasteiger partial charge is 0.348 e. The first-order valence-corrected chi connectivity index (χ1v) is 7.59. The molecule has 4 heteroatoms. The average Bonchev–Trinajstić information content (AvgIpc) is 2.79. The van der Waals surface area contributed by atoms with E-state index in [2.05, 4.69) is 28.2 Å². The van der Waals surface area contributed by atoms with E-state index in [1.807, 2.05) is 29.6 Å². The summed E-state index contributed by atoms with van der Waals surface area (Å²) < 4.78 is 1.16. The molecular formula is C13H14BrNOS. The summed E-state index contributed by atoms with van der Waals surface area (Å²) in [6.07, 6.45) is 0.930. The lowest BCUT2D eigenvalue weighted by atomic mass is 10.1. The Morgan fingerprint density at radius 3 is 2.94 bits per heavy atom. The van der Waals surface area contributed by atoms with E-state index in [-0.39, 0.29) is 11.9 Å². The molecule has 0 aliphatic heterocycles. The Kier molecular flexibility index (Phi) is 4.18. The van der Waals surface area contributed by atoms with Gasteiger partial charge in [0.15, 0.2) is 0 Å². The minimum absolute atomic E-state index is 0.0220. The SMILES string of the molecule is CCC(CBr)NC(=O)c1csc2ccccc12. The van der Waals surface area contributed by atoms with Crippen molar-refractivity contribution in [1.82, 2.24) is 5.32 Å². The molecule has 2 rings (SSSR count). The molecule has 0 saturated carbocycles. The number of alkyl halides is 1. The van der Waals surface area contributed by atoms with Gasteiger partial charge >= 0.3 is 0 Å². The molecule has 0 aliphatic rings. The lowest BCUT2D eigenvalue weighted by Gasteiger charge is -2.13. The zero-order valence-electron chi connectivity index (χ0n) is 9.57. The first kappa shape index (κ1) is 12.6. The molecule has 0 radical (unpaired) electrons. The zero-order chi connectivity index (χ0) is 12.3. The van der Waals surface area contributed by atoms with E-state index >= 15 is 0 Å². The number of carbonyl (C=O) groups is 1. The van der Waals surface area contributed by atoms with Crippen molar-refractivity contribution in [2.24, 2.45) is 0 Å². The van der Waals surface area contributed by atoms with Crippen LogP contribution in [0.3, 0.4) is 0 Å². The van der Waals surface area contributed by atoms with Crippen LogP contribution in [0.4, 0.5) is 0 Å². The predicted molar refractivity (Wildman–Crippen MR) is 77.2 cm³/mol. The van der Waals surface area contributed by atoms with Crippen molar-refractivity contribution < 1.29 is 4.79 Å². The summed E-state index contributed by atoms with van der Waals surface area (Å²) in [5.41, 5.74) is 0.782. The Hall–Kier alpha value is -0.870. The molecule has 1 N–H and O–H groups in total. The molecule has 2 aromatic rings. The van der Waals surface area contributed by atoms with Gasteiger partial charge in [0.1, 0.15) is 0 Å². The minimum Gasteiger partial charge on any atom is -0.348 e. The van der Waals surface area contributed by atoms with E-state index < -0.39 is 0 Å². The van der Waals surface area contributed by atoms with Crippen LogP contribution in [0.5, 0.6) is 0 Å². The topological polar surface area (TPSA) is 29.1 Å². The number of thiophene rings is 1. The molecule has 0 fully saturated rings. The molecule has 2 nitrogen and oxygen atoms in total. The fourth-order valence-corrected chi connectivity index (χ4v) is 3.23. The summed E-state index contributed by atoms with van der Waals surface area (Å²) in [5, 5.41) is 6.79. The van der Waals surface area contributed by atoms with E-state index in [4.69, 9.17) is 0 Å². The van der Waals surface area contributed by atoms with Crippen LogP contribution in [0, 0.1) is 0 Å². The van der Waals surface area contributed by atoms with Gasteiger partial charge in [0.05, 0.1) is 5.56 Å². The highest BCUT2D eigenvalue weighted by atomic mass is 79.9. The van der Waals surface area contributed by atoms with Crippen LogP contribution in [0.2, 0.25) is 0 Å². The van der Waals surface area contributed by atoms with Gasteiger partial charge in [-0.25, -0.2) is 0 Å². The Bertz CT molecular complexity index is 519. The highest BCUT2D eigenvalue weighted by Crippen LogP contribution is 2.25. The van der Waals surface area contributed by atoms with Crippen LogP contribution in [-0.2, 0) is 0 Å². The summed E-state index contributed by atoms with van der Waals surface area (Å²) in [7, 11) is 0. The first-order chi connectivity index (χ1) is 8.26. The van der Waals surface area contributed by atoms with Gasteiger partial charge < -0.3 is 5.32 Å². The predicted octanol–water partition coefficient (Wildman–Crippen LogP) is 3.80. The number of halogens is 1. The van der Waals surface area contributed by atoms with Crippen LogP contribution >= 0.6 is 27.3 Å². The van der Waals surface area contributed by atoms with E-state index in [0.717, 1.165) is 27.4 Å². The number of benzene rings is 1. The van der Waals surface area contributed by atoms with Crippen molar-refractivity contribution in [3.05, 3.63) is 35.2 Å². The van der Waals surface area contributed by atoms with Crippen molar-refractivity contribution >= 4 is 43.3 Å². The molecular weight excluding hydrogens is 298 g/mol. The molecule has 1 atom stereocenters. The van der Waals surface area contributed by atoms with Gasteiger partial charge in [0.25, 0.3) is 5.91 Å². The van der Waals surface area contributed by atoms with Crippen molar-refractivity contribution in [2.45, 2.75) is 19.4 Å². The van der Waals surface area contributed by atoms with Gasteiger partial charge in [-0.2, -0.15) is 0 Å². The molecule has 1 aromatic heterocycles. The number of fused-ring (bicyclic) bond motifs is 1. The highest BCUT2D eigenvalue weighted by Gasteiger charge is 2.14. The number of hydrogen-bond acceptors (Lipinski definition) is 2. The molecule has 0 aliphatic carbocycles. The second kappa shape index (κ2) is 5.65. The second-order valence-corrected chi connectivity index (χ2v) is 5.44. The Balaban J connectivity index is 2.25. The third kappa shape index (κ3) is 2.69. The first-order valence-electron chi connectivity index (χ1n) is 5.59. The maximum atomic E-state index is 12.1. The van der Waals surface area contributed by atoms with Crippen LogP contribution < -0.4 is 5.32 Å². The molecule has 1 aromatic carbocycles. The summed E-state index contributed by atoms with van der Waals surface area (Å²) in [5.74, 6) is 0.0220. The van der Waals surface area contributed by atoms with E-state index in [9.17, 15) is 4.79 Å². The lowest BCUT2D eigenvalue weighted by molar-refractivity contribution is 0.0942. The number of hydrogen-bond donors (Lipinski definition) is 1. The summed E-state index contributed by atoms with van der Waals surface area (Å²) in [6, 6.07) is 8.19. The number of rotatable bonds is 4. The van der Waals surface area contributed by atoms with Gasteiger partial charge in [0.2, 0.25) is 0 Å². The molecule has 17 heavy (non-hydrogen) atoms. The maximum Gasteiger partial charge on any atom is 0.253 e. The fourth-order valence-electron chi connectivity index (χ4n) is 1.67. The van der Waals surface area contributed by atoms with E-state index in [1.54, 1.807) is 11.3 Å². The second-order valence-electron chi connectivity index (χ2n) is 3.88. The van der Waals surface area contributed by atoms with Gasteiger partial charge in [-0.1, -0.05) is 41.1 Å². The molecule has 0 saturated heterocycles. The Morgan fingerprint density at radius 2 is 2.24 bits per heavy atom. The fraction of sp³-hybridized carbons (Fsp3) is 0.308. The minimum atomic E-state index is 0.0220. The van der Waals surface area contributed by atoms with Gasteiger partial charge in [-0.05, 0) is 12.5 Å². The Labute approximate surface area is 113 Å². The highest BCUT2D eigenvalue weighted by molar-refractivity contribution is 9.09. The standard InChI is InChI=1S/C13H14BrNOS/c1-2-9(7-14)15-13(16)11-8-17-12-6-4-3-5-10(11)12/h3-6,8-9H,2,7H2,1H3,(H,15,16). The number of nitrogens with one attached hydrogen (secondary N) is 1. The van der Waals surface area contributed by atoms with Crippen molar-refractivity contribution in [3.8, 4) is 0 Å². The third-order valence-corrected chi connectivity index (χ3v) is 4.48. The van der Waals surface area contributed by atoms with Crippen molar-refractivity contribution in [3.63, 3.8) is 0 Å².